The Morgan fingerprint density at radius 2 is 2.25 bits per heavy atom. The van der Waals surface area contributed by atoms with E-state index in [9.17, 15) is 4.79 Å². The molecule has 7 nitrogen and oxygen atoms in total. The first-order valence-electron chi connectivity index (χ1n) is 8.56. The van der Waals surface area contributed by atoms with E-state index in [4.69, 9.17) is 4.52 Å². The lowest BCUT2D eigenvalue weighted by molar-refractivity contribution is 0.0922. The van der Waals surface area contributed by atoms with Gasteiger partial charge in [-0.3, -0.25) is 9.69 Å². The van der Waals surface area contributed by atoms with Crippen molar-refractivity contribution in [2.45, 2.75) is 38.3 Å². The van der Waals surface area contributed by atoms with Crippen LogP contribution in [-0.2, 0) is 13.6 Å². The minimum Gasteiger partial charge on any atom is -0.360 e. The Morgan fingerprint density at radius 1 is 1.42 bits per heavy atom. The summed E-state index contributed by atoms with van der Waals surface area (Å²) in [5, 5.41) is 7.03. The quantitative estimate of drug-likeness (QED) is 0.900. The van der Waals surface area contributed by atoms with Crippen molar-refractivity contribution in [1.29, 1.82) is 0 Å². The average molecular weight is 329 g/mol. The fourth-order valence-corrected chi connectivity index (χ4v) is 3.33. The van der Waals surface area contributed by atoms with Gasteiger partial charge in [0.15, 0.2) is 5.69 Å². The third kappa shape index (κ3) is 3.08. The Bertz CT molecular complexity index is 733. The van der Waals surface area contributed by atoms with Crippen molar-refractivity contribution in [3.63, 3.8) is 0 Å². The molecule has 0 spiro atoms. The predicted molar refractivity (Wildman–Crippen MR) is 87.4 cm³/mol. The smallest absolute Gasteiger partial charge is 0.273 e. The van der Waals surface area contributed by atoms with E-state index in [2.05, 4.69) is 27.3 Å². The maximum absolute atomic E-state index is 12.4. The lowest BCUT2D eigenvalue weighted by atomic mass is 10.1. The van der Waals surface area contributed by atoms with Crippen molar-refractivity contribution < 1.29 is 9.32 Å². The van der Waals surface area contributed by atoms with E-state index in [0.29, 0.717) is 17.5 Å². The van der Waals surface area contributed by atoms with Gasteiger partial charge >= 0.3 is 0 Å². The van der Waals surface area contributed by atoms with E-state index in [0.717, 1.165) is 44.1 Å². The Balaban J connectivity index is 1.35. The summed E-state index contributed by atoms with van der Waals surface area (Å²) in [6.45, 7) is 4.74. The molecule has 3 heterocycles. The van der Waals surface area contributed by atoms with Crippen molar-refractivity contribution in [3.8, 4) is 0 Å². The van der Waals surface area contributed by atoms with E-state index in [1.165, 1.54) is 0 Å². The van der Waals surface area contributed by atoms with Gasteiger partial charge in [0.2, 0.25) is 0 Å². The Morgan fingerprint density at radius 3 is 2.96 bits per heavy atom. The van der Waals surface area contributed by atoms with Crippen LogP contribution in [0.4, 0.5) is 0 Å². The molecule has 0 unspecified atom stereocenters. The van der Waals surface area contributed by atoms with Crippen molar-refractivity contribution in [2.24, 2.45) is 13.0 Å². The molecule has 0 bridgehead atoms. The van der Waals surface area contributed by atoms with Crippen LogP contribution >= 0.6 is 0 Å². The Kier molecular flexibility index (Phi) is 3.88. The van der Waals surface area contributed by atoms with Gasteiger partial charge < -0.3 is 14.4 Å². The Labute approximate surface area is 141 Å². The highest BCUT2D eigenvalue weighted by molar-refractivity contribution is 5.92. The third-order valence-electron chi connectivity index (χ3n) is 5.03. The molecular weight excluding hydrogens is 306 g/mol. The second kappa shape index (κ2) is 6.05. The molecule has 1 saturated carbocycles. The normalized spacial score (nSPS) is 24.4. The van der Waals surface area contributed by atoms with Crippen LogP contribution in [0.5, 0.6) is 0 Å². The number of carbonyl (C=O) groups excluding carboxylic acids is 1. The molecule has 1 aliphatic heterocycles. The number of nitrogens with one attached hydrogen (secondary N) is 1. The number of aryl methyl sites for hydroxylation is 1. The van der Waals surface area contributed by atoms with E-state index in [-0.39, 0.29) is 11.9 Å². The van der Waals surface area contributed by atoms with Gasteiger partial charge in [0, 0.05) is 50.6 Å². The number of hydrogen-bond donors (Lipinski definition) is 1. The molecule has 2 aromatic rings. The topological polar surface area (TPSA) is 76.2 Å². The molecule has 4 rings (SSSR count). The van der Waals surface area contributed by atoms with Gasteiger partial charge in [0.25, 0.3) is 5.91 Å². The van der Waals surface area contributed by atoms with Crippen LogP contribution in [0, 0.1) is 5.92 Å². The molecular formula is C17H23N5O2. The molecule has 2 fully saturated rings. The van der Waals surface area contributed by atoms with Crippen LogP contribution in [-0.4, -0.2) is 44.6 Å². The standard InChI is InChI=1S/C17H23N5O2/c1-11-8-22(10-16-18-5-6-21(16)2)9-14(11)19-17(23)13-7-15(24-20-13)12-3-4-12/h5-7,11-12,14H,3-4,8-10H2,1-2H3,(H,19,23)/t11-,14+/m1/s1. The number of aromatic nitrogens is 3. The number of amides is 1. The fraction of sp³-hybridized carbons (Fsp3) is 0.588. The first-order valence-corrected chi connectivity index (χ1v) is 8.56. The van der Waals surface area contributed by atoms with Crippen LogP contribution in [0.3, 0.4) is 0 Å². The van der Waals surface area contributed by atoms with Gasteiger partial charge in [-0.25, -0.2) is 4.98 Å². The fourth-order valence-electron chi connectivity index (χ4n) is 3.33. The largest absolute Gasteiger partial charge is 0.360 e. The lowest BCUT2D eigenvalue weighted by Gasteiger charge is -2.16. The van der Waals surface area contributed by atoms with E-state index >= 15 is 0 Å². The molecule has 1 N–H and O–H groups in total. The van der Waals surface area contributed by atoms with Gasteiger partial charge in [-0.2, -0.15) is 0 Å². The van der Waals surface area contributed by atoms with Crippen LogP contribution < -0.4 is 5.32 Å². The SMILES string of the molecule is C[C@@H]1CN(Cc2nccn2C)C[C@@H]1NC(=O)c1cc(C2CC2)on1. The van der Waals surface area contributed by atoms with E-state index < -0.39 is 0 Å². The number of rotatable bonds is 5. The van der Waals surface area contributed by atoms with Gasteiger partial charge in [0.1, 0.15) is 11.6 Å². The summed E-state index contributed by atoms with van der Waals surface area (Å²) in [4.78, 5) is 19.1. The highest BCUT2D eigenvalue weighted by Gasteiger charge is 2.33. The number of imidazole rings is 1. The zero-order valence-corrected chi connectivity index (χ0v) is 14.1. The summed E-state index contributed by atoms with van der Waals surface area (Å²) in [5.74, 6) is 2.61. The maximum atomic E-state index is 12.4. The predicted octanol–water partition coefficient (Wildman–Crippen LogP) is 1.54. The van der Waals surface area contributed by atoms with Crippen LogP contribution in [0.15, 0.2) is 23.0 Å². The average Bonchev–Trinajstić information content (AvgIpc) is 2.98. The minimum absolute atomic E-state index is 0.124. The van der Waals surface area contributed by atoms with Gasteiger partial charge in [-0.1, -0.05) is 12.1 Å². The van der Waals surface area contributed by atoms with E-state index in [1.807, 2.05) is 24.0 Å². The summed E-state index contributed by atoms with van der Waals surface area (Å²) in [6, 6.07) is 1.91. The number of carbonyl (C=O) groups is 1. The van der Waals surface area contributed by atoms with Gasteiger partial charge in [-0.15, -0.1) is 0 Å². The molecule has 0 aromatic carbocycles. The van der Waals surface area contributed by atoms with Crippen molar-refractivity contribution >= 4 is 5.91 Å². The zero-order chi connectivity index (χ0) is 16.7. The summed E-state index contributed by atoms with van der Waals surface area (Å²) < 4.78 is 7.31. The van der Waals surface area contributed by atoms with Crippen molar-refractivity contribution in [2.75, 3.05) is 13.1 Å². The Hall–Kier alpha value is -2.15. The monoisotopic (exact) mass is 329 g/mol. The van der Waals surface area contributed by atoms with Crippen molar-refractivity contribution in [3.05, 3.63) is 35.7 Å². The van der Waals surface area contributed by atoms with Gasteiger partial charge in [-0.05, 0) is 18.8 Å². The number of likely N-dealkylation sites (tertiary alicyclic amines) is 1. The van der Waals surface area contributed by atoms with Crippen LogP contribution in [0.25, 0.3) is 0 Å². The summed E-state index contributed by atoms with van der Waals surface area (Å²) >= 11 is 0. The number of nitrogens with zero attached hydrogens (tertiary/aromatic N) is 4. The summed E-state index contributed by atoms with van der Waals surface area (Å²) in [6.07, 6.45) is 6.04. The van der Waals surface area contributed by atoms with Crippen molar-refractivity contribution in [1.82, 2.24) is 24.9 Å². The highest BCUT2D eigenvalue weighted by Crippen LogP contribution is 2.40. The molecule has 128 valence electrons. The second-order valence-electron chi connectivity index (χ2n) is 7.09. The molecule has 1 aliphatic carbocycles. The highest BCUT2D eigenvalue weighted by atomic mass is 16.5. The van der Waals surface area contributed by atoms with Gasteiger partial charge in [0.05, 0.1) is 6.54 Å². The molecule has 24 heavy (non-hydrogen) atoms. The van der Waals surface area contributed by atoms with Crippen LogP contribution in [0.2, 0.25) is 0 Å². The first kappa shape index (κ1) is 15.4. The summed E-state index contributed by atoms with van der Waals surface area (Å²) in [5.41, 5.74) is 0.395. The maximum Gasteiger partial charge on any atom is 0.273 e. The molecule has 1 amide bonds. The lowest BCUT2D eigenvalue weighted by Crippen LogP contribution is -2.40. The minimum atomic E-state index is -0.138. The molecule has 2 aliphatic rings. The number of hydrogen-bond acceptors (Lipinski definition) is 5. The first-order chi connectivity index (χ1) is 11.6. The molecule has 2 aromatic heterocycles. The van der Waals surface area contributed by atoms with E-state index in [1.54, 1.807) is 6.07 Å². The summed E-state index contributed by atoms with van der Waals surface area (Å²) in [7, 11) is 2.00. The third-order valence-corrected chi connectivity index (χ3v) is 5.03. The molecule has 2 atom stereocenters. The molecule has 1 saturated heterocycles. The molecule has 0 radical (unpaired) electrons. The second-order valence-corrected chi connectivity index (χ2v) is 7.09. The zero-order valence-electron chi connectivity index (χ0n) is 14.1. The molecule has 7 heteroatoms. The van der Waals surface area contributed by atoms with Crippen LogP contribution in [0.1, 0.15) is 47.8 Å².